The molecule has 0 bridgehead atoms. The molecular weight excluding hydrogens is 288 g/mol. The fourth-order valence-electron chi connectivity index (χ4n) is 2.74. The third-order valence-electron chi connectivity index (χ3n) is 3.92. The molecule has 0 heterocycles. The van der Waals surface area contributed by atoms with Crippen LogP contribution in [0.3, 0.4) is 0 Å². The fourth-order valence-corrected chi connectivity index (χ4v) is 2.91. The number of nitro groups is 1. The molecule has 3 rings (SSSR count). The summed E-state index contributed by atoms with van der Waals surface area (Å²) in [4.78, 5) is 10.6. The lowest BCUT2D eigenvalue weighted by molar-refractivity contribution is -0.384. The maximum Gasteiger partial charge on any atom is 0.292 e. The zero-order valence-electron chi connectivity index (χ0n) is 11.3. The molecule has 5 heteroatoms. The van der Waals surface area contributed by atoms with Crippen molar-refractivity contribution in [1.29, 1.82) is 0 Å². The van der Waals surface area contributed by atoms with Gasteiger partial charge in [0.2, 0.25) is 0 Å². The summed E-state index contributed by atoms with van der Waals surface area (Å²) in [5.41, 5.74) is 1.91. The van der Waals surface area contributed by atoms with Crippen LogP contribution in [-0.2, 0) is 0 Å². The van der Waals surface area contributed by atoms with Gasteiger partial charge in [0.25, 0.3) is 5.69 Å². The number of rotatable bonds is 4. The molecular formula is C16H15ClN2O2. The van der Waals surface area contributed by atoms with Crippen LogP contribution in [0.5, 0.6) is 0 Å². The number of nitro benzene ring substituents is 1. The minimum atomic E-state index is -0.383. The van der Waals surface area contributed by atoms with Crippen LogP contribution in [0, 0.1) is 10.1 Å². The first-order valence-electron chi connectivity index (χ1n) is 6.89. The number of nitrogens with one attached hydrogen (secondary N) is 1. The number of benzene rings is 2. The van der Waals surface area contributed by atoms with Crippen molar-refractivity contribution in [2.75, 3.05) is 5.32 Å². The number of nitrogens with zero attached hydrogens (tertiary/aromatic N) is 1. The first-order valence-corrected chi connectivity index (χ1v) is 7.26. The monoisotopic (exact) mass is 302 g/mol. The summed E-state index contributed by atoms with van der Waals surface area (Å²) >= 11 is 5.93. The second kappa shape index (κ2) is 5.74. The van der Waals surface area contributed by atoms with Crippen LogP contribution in [0.15, 0.2) is 48.5 Å². The zero-order chi connectivity index (χ0) is 14.8. The molecule has 0 amide bonds. The molecule has 0 spiro atoms. The van der Waals surface area contributed by atoms with E-state index in [0.717, 1.165) is 12.8 Å². The van der Waals surface area contributed by atoms with Gasteiger partial charge in [-0.1, -0.05) is 41.9 Å². The first kappa shape index (κ1) is 13.9. The summed E-state index contributed by atoms with van der Waals surface area (Å²) in [7, 11) is 0. The van der Waals surface area contributed by atoms with Crippen LogP contribution in [0.4, 0.5) is 11.4 Å². The second-order valence-corrected chi connectivity index (χ2v) is 5.78. The van der Waals surface area contributed by atoms with Gasteiger partial charge in [0, 0.05) is 17.1 Å². The van der Waals surface area contributed by atoms with Gasteiger partial charge >= 0.3 is 0 Å². The maximum absolute atomic E-state index is 11.0. The first-order chi connectivity index (χ1) is 10.1. The highest BCUT2D eigenvalue weighted by molar-refractivity contribution is 6.31. The summed E-state index contributed by atoms with van der Waals surface area (Å²) in [6.07, 6.45) is 1.96. The van der Waals surface area contributed by atoms with E-state index >= 15 is 0 Å². The standard InChI is InChI=1S/C16H15ClN2O2/c17-13-6-7-16(19(20)21)15(10-13)18-14-8-12(9-14)11-4-2-1-3-5-11/h1-7,10,12,14,18H,8-9H2. The van der Waals surface area contributed by atoms with Gasteiger partial charge in [0.05, 0.1) is 4.92 Å². The number of hydrogen-bond acceptors (Lipinski definition) is 3. The topological polar surface area (TPSA) is 55.2 Å². The Morgan fingerprint density at radius 1 is 1.14 bits per heavy atom. The molecule has 1 aliphatic rings. The Kier molecular flexibility index (Phi) is 3.80. The number of halogens is 1. The smallest absolute Gasteiger partial charge is 0.292 e. The quantitative estimate of drug-likeness (QED) is 0.663. The van der Waals surface area contributed by atoms with Gasteiger partial charge in [-0.15, -0.1) is 0 Å². The van der Waals surface area contributed by atoms with Crippen LogP contribution in [-0.4, -0.2) is 11.0 Å². The summed E-state index contributed by atoms with van der Waals surface area (Å²) < 4.78 is 0. The van der Waals surface area contributed by atoms with E-state index < -0.39 is 0 Å². The molecule has 0 radical (unpaired) electrons. The Morgan fingerprint density at radius 2 is 1.86 bits per heavy atom. The molecule has 1 saturated carbocycles. The molecule has 4 nitrogen and oxygen atoms in total. The molecule has 0 atom stereocenters. The molecule has 21 heavy (non-hydrogen) atoms. The predicted octanol–water partition coefficient (Wildman–Crippen LogP) is 4.61. The summed E-state index contributed by atoms with van der Waals surface area (Å²) in [6.45, 7) is 0. The Bertz CT molecular complexity index is 655. The molecule has 2 aromatic carbocycles. The van der Waals surface area contributed by atoms with Crippen molar-refractivity contribution in [2.24, 2.45) is 0 Å². The second-order valence-electron chi connectivity index (χ2n) is 5.34. The van der Waals surface area contributed by atoms with E-state index in [-0.39, 0.29) is 16.7 Å². The lowest BCUT2D eigenvalue weighted by Crippen LogP contribution is -2.34. The van der Waals surface area contributed by atoms with E-state index in [9.17, 15) is 10.1 Å². The summed E-state index contributed by atoms with van der Waals surface area (Å²) in [6, 6.07) is 15.2. The van der Waals surface area contributed by atoms with Crippen LogP contribution in [0.2, 0.25) is 5.02 Å². The van der Waals surface area contributed by atoms with Crippen molar-refractivity contribution in [3.63, 3.8) is 0 Å². The SMILES string of the molecule is O=[N+]([O-])c1ccc(Cl)cc1NC1CC(c2ccccc2)C1. The highest BCUT2D eigenvalue weighted by atomic mass is 35.5. The fraction of sp³-hybridized carbons (Fsp3) is 0.250. The molecule has 1 fully saturated rings. The van der Waals surface area contributed by atoms with Crippen molar-refractivity contribution >= 4 is 23.0 Å². The summed E-state index contributed by atoms with van der Waals surface area (Å²) in [5, 5.41) is 14.8. The Morgan fingerprint density at radius 3 is 2.52 bits per heavy atom. The molecule has 2 aromatic rings. The van der Waals surface area contributed by atoms with Crippen molar-refractivity contribution < 1.29 is 4.92 Å². The Balaban J connectivity index is 1.67. The third-order valence-corrected chi connectivity index (χ3v) is 4.16. The molecule has 0 aromatic heterocycles. The minimum absolute atomic E-state index is 0.0718. The molecule has 108 valence electrons. The molecule has 1 aliphatic carbocycles. The molecule has 0 saturated heterocycles. The predicted molar refractivity (Wildman–Crippen MR) is 83.9 cm³/mol. The average molecular weight is 303 g/mol. The lowest BCUT2D eigenvalue weighted by atomic mass is 9.76. The normalized spacial score (nSPS) is 20.6. The van der Waals surface area contributed by atoms with Crippen LogP contribution >= 0.6 is 11.6 Å². The van der Waals surface area contributed by atoms with Gasteiger partial charge in [-0.05, 0) is 36.5 Å². The highest BCUT2D eigenvalue weighted by Crippen LogP contribution is 2.40. The Hall–Kier alpha value is -2.07. The van der Waals surface area contributed by atoms with Crippen molar-refractivity contribution in [1.82, 2.24) is 0 Å². The largest absolute Gasteiger partial charge is 0.377 e. The third kappa shape index (κ3) is 3.00. The van der Waals surface area contributed by atoms with Gasteiger partial charge < -0.3 is 5.32 Å². The van der Waals surface area contributed by atoms with Crippen LogP contribution < -0.4 is 5.32 Å². The van der Waals surface area contributed by atoms with Gasteiger partial charge in [0.1, 0.15) is 5.69 Å². The molecule has 0 aliphatic heterocycles. The Labute approximate surface area is 127 Å². The van der Waals surface area contributed by atoms with E-state index in [2.05, 4.69) is 17.4 Å². The maximum atomic E-state index is 11.0. The van der Waals surface area contributed by atoms with E-state index in [4.69, 9.17) is 11.6 Å². The van der Waals surface area contributed by atoms with E-state index in [1.54, 1.807) is 12.1 Å². The lowest BCUT2D eigenvalue weighted by Gasteiger charge is -2.36. The average Bonchev–Trinajstić information content (AvgIpc) is 2.43. The van der Waals surface area contributed by atoms with Gasteiger partial charge in [-0.2, -0.15) is 0 Å². The molecule has 0 unspecified atom stereocenters. The van der Waals surface area contributed by atoms with Gasteiger partial charge in [-0.25, -0.2) is 0 Å². The minimum Gasteiger partial charge on any atom is -0.377 e. The van der Waals surface area contributed by atoms with Crippen LogP contribution in [0.1, 0.15) is 24.3 Å². The molecule has 1 N–H and O–H groups in total. The van der Waals surface area contributed by atoms with Gasteiger partial charge in [0.15, 0.2) is 0 Å². The van der Waals surface area contributed by atoms with Crippen molar-refractivity contribution in [3.05, 3.63) is 69.2 Å². The highest BCUT2D eigenvalue weighted by Gasteiger charge is 2.31. The van der Waals surface area contributed by atoms with E-state index in [1.807, 2.05) is 18.2 Å². The number of anilines is 1. The van der Waals surface area contributed by atoms with E-state index in [1.165, 1.54) is 11.6 Å². The van der Waals surface area contributed by atoms with Crippen LogP contribution in [0.25, 0.3) is 0 Å². The number of hydrogen-bond donors (Lipinski definition) is 1. The van der Waals surface area contributed by atoms with Gasteiger partial charge in [-0.3, -0.25) is 10.1 Å². The van der Waals surface area contributed by atoms with Crippen molar-refractivity contribution in [2.45, 2.75) is 24.8 Å². The zero-order valence-corrected chi connectivity index (χ0v) is 12.1. The van der Waals surface area contributed by atoms with Crippen molar-refractivity contribution in [3.8, 4) is 0 Å². The van der Waals surface area contributed by atoms with E-state index in [0.29, 0.717) is 16.6 Å². The summed E-state index contributed by atoms with van der Waals surface area (Å²) in [5.74, 6) is 0.530.